The van der Waals surface area contributed by atoms with Crippen LogP contribution in [0.25, 0.3) is 0 Å². The number of hydrogen-bond acceptors (Lipinski definition) is 3. The molecule has 0 aliphatic heterocycles. The van der Waals surface area contributed by atoms with Crippen molar-refractivity contribution in [2.45, 2.75) is 12.8 Å². The van der Waals surface area contributed by atoms with E-state index in [-0.39, 0.29) is 0 Å². The largest absolute Gasteiger partial charge is 0.494 e. The van der Waals surface area contributed by atoms with E-state index in [1.165, 1.54) is 12.2 Å². The minimum atomic E-state index is 0.791. The van der Waals surface area contributed by atoms with Gasteiger partial charge in [-0.2, -0.15) is 11.8 Å². The van der Waals surface area contributed by atoms with E-state index in [4.69, 9.17) is 4.74 Å². The Morgan fingerprint density at radius 2 is 1.88 bits per heavy atom. The molecule has 0 aliphatic carbocycles. The lowest BCUT2D eigenvalue weighted by Crippen LogP contribution is -2.19. The van der Waals surface area contributed by atoms with Crippen LogP contribution >= 0.6 is 11.8 Å². The summed E-state index contributed by atoms with van der Waals surface area (Å²) in [6.45, 7) is 2.95. The molecule has 0 amide bonds. The molecule has 1 aromatic carbocycles. The number of para-hydroxylation sites is 1. The number of hydrogen-bond donors (Lipinski definition) is 1. The molecule has 2 nitrogen and oxygen atoms in total. The summed E-state index contributed by atoms with van der Waals surface area (Å²) in [5.74, 6) is 2.21. The fourth-order valence-corrected chi connectivity index (χ4v) is 1.80. The lowest BCUT2D eigenvalue weighted by atomic mass is 10.3. The molecule has 0 fully saturated rings. The van der Waals surface area contributed by atoms with Gasteiger partial charge in [-0.3, -0.25) is 0 Å². The van der Waals surface area contributed by atoms with Crippen LogP contribution in [-0.4, -0.2) is 31.7 Å². The number of rotatable bonds is 9. The third-order valence-corrected chi connectivity index (χ3v) is 2.91. The van der Waals surface area contributed by atoms with E-state index >= 15 is 0 Å². The van der Waals surface area contributed by atoms with Crippen molar-refractivity contribution in [1.82, 2.24) is 5.32 Å². The van der Waals surface area contributed by atoms with E-state index in [0.29, 0.717) is 0 Å². The molecule has 1 N–H and O–H groups in total. The van der Waals surface area contributed by atoms with E-state index < -0.39 is 0 Å². The van der Waals surface area contributed by atoms with Crippen LogP contribution in [0.1, 0.15) is 12.8 Å². The fraction of sp³-hybridized carbons (Fsp3) is 0.538. The maximum Gasteiger partial charge on any atom is 0.119 e. The smallest absolute Gasteiger partial charge is 0.119 e. The van der Waals surface area contributed by atoms with Crippen molar-refractivity contribution in [3.63, 3.8) is 0 Å². The van der Waals surface area contributed by atoms with Gasteiger partial charge >= 0.3 is 0 Å². The van der Waals surface area contributed by atoms with E-state index in [9.17, 15) is 0 Å². The average Bonchev–Trinajstić information content (AvgIpc) is 2.34. The van der Waals surface area contributed by atoms with Crippen LogP contribution in [0.3, 0.4) is 0 Å². The van der Waals surface area contributed by atoms with Crippen molar-refractivity contribution in [3.05, 3.63) is 30.3 Å². The van der Waals surface area contributed by atoms with Gasteiger partial charge in [0.1, 0.15) is 5.75 Å². The zero-order chi connectivity index (χ0) is 11.5. The molecule has 16 heavy (non-hydrogen) atoms. The first-order valence-electron chi connectivity index (χ1n) is 5.81. The van der Waals surface area contributed by atoms with Crippen molar-refractivity contribution in [1.29, 1.82) is 0 Å². The minimum Gasteiger partial charge on any atom is -0.494 e. The Hall–Kier alpha value is -0.670. The maximum atomic E-state index is 5.59. The van der Waals surface area contributed by atoms with Crippen molar-refractivity contribution in [2.75, 3.05) is 31.7 Å². The molecule has 3 heteroatoms. The highest BCUT2D eigenvalue weighted by atomic mass is 32.2. The molecular formula is C13H21NOS. The molecular weight excluding hydrogens is 218 g/mol. The Labute approximate surface area is 103 Å². The van der Waals surface area contributed by atoms with Gasteiger partial charge in [-0.05, 0) is 50.1 Å². The summed E-state index contributed by atoms with van der Waals surface area (Å²) in [7, 11) is 0. The van der Waals surface area contributed by atoms with E-state index in [1.54, 1.807) is 0 Å². The Kier molecular flexibility index (Phi) is 7.99. The zero-order valence-electron chi connectivity index (χ0n) is 9.95. The van der Waals surface area contributed by atoms with Crippen molar-refractivity contribution >= 4 is 11.8 Å². The Morgan fingerprint density at radius 1 is 1.12 bits per heavy atom. The molecule has 1 rings (SSSR count). The van der Waals surface area contributed by atoms with Gasteiger partial charge in [-0.15, -0.1) is 0 Å². The fourth-order valence-electron chi connectivity index (χ4n) is 1.37. The molecule has 0 saturated heterocycles. The van der Waals surface area contributed by atoms with Crippen LogP contribution in [0.5, 0.6) is 5.75 Å². The number of benzene rings is 1. The molecule has 90 valence electrons. The molecule has 0 aromatic heterocycles. The van der Waals surface area contributed by atoms with E-state index in [2.05, 4.69) is 11.6 Å². The highest BCUT2D eigenvalue weighted by Crippen LogP contribution is 2.07. The summed E-state index contributed by atoms with van der Waals surface area (Å²) in [6, 6.07) is 9.98. The molecule has 0 radical (unpaired) electrons. The summed E-state index contributed by atoms with van der Waals surface area (Å²) in [6.07, 6.45) is 4.46. The number of nitrogens with one attached hydrogen (secondary N) is 1. The first-order chi connectivity index (χ1) is 7.93. The molecule has 0 unspecified atom stereocenters. The SMILES string of the molecule is CSCCCNCCCOc1ccccc1. The molecule has 0 saturated carbocycles. The Balaban J connectivity index is 1.89. The molecule has 0 aliphatic rings. The van der Waals surface area contributed by atoms with Crippen LogP contribution in [-0.2, 0) is 0 Å². The van der Waals surface area contributed by atoms with Crippen molar-refractivity contribution in [2.24, 2.45) is 0 Å². The normalized spacial score (nSPS) is 10.3. The number of thioether (sulfide) groups is 1. The predicted molar refractivity (Wildman–Crippen MR) is 72.4 cm³/mol. The van der Waals surface area contributed by atoms with Gasteiger partial charge in [0, 0.05) is 0 Å². The van der Waals surface area contributed by atoms with Gasteiger partial charge in [0.15, 0.2) is 0 Å². The lowest BCUT2D eigenvalue weighted by Gasteiger charge is -2.06. The summed E-state index contributed by atoms with van der Waals surface area (Å²) >= 11 is 1.90. The molecule has 0 bridgehead atoms. The second-order valence-corrected chi connectivity index (χ2v) is 4.60. The third-order valence-electron chi connectivity index (χ3n) is 2.21. The van der Waals surface area contributed by atoms with Gasteiger partial charge in [0.05, 0.1) is 6.61 Å². The monoisotopic (exact) mass is 239 g/mol. The number of ether oxygens (including phenoxy) is 1. The van der Waals surface area contributed by atoms with Gasteiger partial charge in [0.2, 0.25) is 0 Å². The predicted octanol–water partition coefficient (Wildman–Crippen LogP) is 2.80. The van der Waals surface area contributed by atoms with Crippen LogP contribution < -0.4 is 10.1 Å². The second kappa shape index (κ2) is 9.55. The van der Waals surface area contributed by atoms with E-state index in [1.807, 2.05) is 42.1 Å². The quantitative estimate of drug-likeness (QED) is 0.670. The first kappa shape index (κ1) is 13.4. The summed E-state index contributed by atoms with van der Waals surface area (Å²) in [4.78, 5) is 0. The Morgan fingerprint density at radius 3 is 2.62 bits per heavy atom. The lowest BCUT2D eigenvalue weighted by molar-refractivity contribution is 0.308. The average molecular weight is 239 g/mol. The third kappa shape index (κ3) is 6.75. The highest BCUT2D eigenvalue weighted by molar-refractivity contribution is 7.98. The van der Waals surface area contributed by atoms with E-state index in [0.717, 1.165) is 31.9 Å². The first-order valence-corrected chi connectivity index (χ1v) is 7.20. The van der Waals surface area contributed by atoms with Crippen LogP contribution in [0.15, 0.2) is 30.3 Å². The Bertz CT molecular complexity index is 253. The summed E-state index contributed by atoms with van der Waals surface area (Å²) in [5.41, 5.74) is 0. The zero-order valence-corrected chi connectivity index (χ0v) is 10.8. The summed E-state index contributed by atoms with van der Waals surface area (Å²) in [5, 5.41) is 3.41. The highest BCUT2D eigenvalue weighted by Gasteiger charge is 1.92. The van der Waals surface area contributed by atoms with Crippen molar-refractivity contribution < 1.29 is 4.74 Å². The van der Waals surface area contributed by atoms with Crippen LogP contribution in [0, 0.1) is 0 Å². The molecule has 1 aromatic rings. The standard InChI is InChI=1S/C13H21NOS/c1-16-12-6-10-14-9-5-11-15-13-7-3-2-4-8-13/h2-4,7-8,14H,5-6,9-12H2,1H3. The molecule has 0 atom stereocenters. The van der Waals surface area contributed by atoms with Crippen LogP contribution in [0.2, 0.25) is 0 Å². The van der Waals surface area contributed by atoms with Gasteiger partial charge < -0.3 is 10.1 Å². The van der Waals surface area contributed by atoms with Gasteiger partial charge in [-0.1, -0.05) is 18.2 Å². The van der Waals surface area contributed by atoms with Gasteiger partial charge in [0.25, 0.3) is 0 Å². The van der Waals surface area contributed by atoms with Crippen molar-refractivity contribution in [3.8, 4) is 5.75 Å². The minimum absolute atomic E-state index is 0.791. The summed E-state index contributed by atoms with van der Waals surface area (Å²) < 4.78 is 5.59. The topological polar surface area (TPSA) is 21.3 Å². The second-order valence-electron chi connectivity index (χ2n) is 3.61. The molecule has 0 spiro atoms. The maximum absolute atomic E-state index is 5.59. The molecule has 0 heterocycles. The van der Waals surface area contributed by atoms with Gasteiger partial charge in [-0.25, -0.2) is 0 Å². The van der Waals surface area contributed by atoms with Crippen LogP contribution in [0.4, 0.5) is 0 Å².